The van der Waals surface area contributed by atoms with E-state index in [2.05, 4.69) is 10.2 Å². The Morgan fingerprint density at radius 2 is 1.74 bits per heavy atom. The molecule has 3 amide bonds. The zero-order chi connectivity index (χ0) is 33.9. The maximum Gasteiger partial charge on any atom is 0.410 e. The molecule has 0 radical (unpaired) electrons. The highest BCUT2D eigenvalue weighted by molar-refractivity contribution is 5.92. The summed E-state index contributed by atoms with van der Waals surface area (Å²) < 4.78 is 45.1. The van der Waals surface area contributed by atoms with Crippen LogP contribution in [0.3, 0.4) is 0 Å². The van der Waals surface area contributed by atoms with E-state index in [0.717, 1.165) is 30.5 Å². The number of likely N-dealkylation sites (N-methyl/N-ethyl adjacent to an activating group) is 1. The van der Waals surface area contributed by atoms with Crippen molar-refractivity contribution in [3.8, 4) is 5.75 Å². The molecule has 256 valence electrons. The summed E-state index contributed by atoms with van der Waals surface area (Å²) in [5, 5.41) is 2.93. The summed E-state index contributed by atoms with van der Waals surface area (Å²) in [6, 6.07) is 10.8. The van der Waals surface area contributed by atoms with Crippen LogP contribution >= 0.6 is 0 Å². The van der Waals surface area contributed by atoms with Crippen LogP contribution in [0, 0.1) is 17.0 Å². The van der Waals surface area contributed by atoms with E-state index >= 15 is 0 Å². The highest BCUT2D eigenvalue weighted by atomic mass is 19.2. The summed E-state index contributed by atoms with van der Waals surface area (Å²) in [4.78, 5) is 46.1. The molecule has 5 rings (SSSR count). The number of fused-ring (bicyclic) bond motifs is 1. The van der Waals surface area contributed by atoms with Gasteiger partial charge in [0.1, 0.15) is 30.5 Å². The molecule has 3 saturated heterocycles. The summed E-state index contributed by atoms with van der Waals surface area (Å²) in [5.41, 5.74) is 0.148. The number of halogens is 2. The van der Waals surface area contributed by atoms with Crippen molar-refractivity contribution in [1.82, 2.24) is 20.0 Å². The van der Waals surface area contributed by atoms with Crippen molar-refractivity contribution in [3.63, 3.8) is 0 Å². The lowest BCUT2D eigenvalue weighted by molar-refractivity contribution is -0.142. The van der Waals surface area contributed by atoms with E-state index in [0.29, 0.717) is 32.7 Å². The third-order valence-electron chi connectivity index (χ3n) is 9.59. The fourth-order valence-corrected chi connectivity index (χ4v) is 6.82. The minimum atomic E-state index is -1.00. The fraction of sp³-hybridized carbons (Fsp3) is 0.571. The van der Waals surface area contributed by atoms with Crippen molar-refractivity contribution in [1.29, 1.82) is 0 Å². The van der Waals surface area contributed by atoms with Crippen molar-refractivity contribution in [2.45, 2.75) is 89.9 Å². The van der Waals surface area contributed by atoms with Gasteiger partial charge in [0.2, 0.25) is 11.8 Å². The molecule has 10 nitrogen and oxygen atoms in total. The molecular formula is C35H46F2N4O6. The van der Waals surface area contributed by atoms with E-state index < -0.39 is 47.2 Å². The molecule has 0 aliphatic carbocycles. The average molecular weight is 657 g/mol. The molecule has 3 aliphatic heterocycles. The Hall–Kier alpha value is -3.77. The lowest BCUT2D eigenvalue weighted by Gasteiger charge is -2.38. The molecule has 0 spiro atoms. The molecule has 1 N–H and O–H groups in total. The zero-order valence-electron chi connectivity index (χ0n) is 27.8. The molecule has 3 aliphatic rings. The first kappa shape index (κ1) is 34.6. The van der Waals surface area contributed by atoms with Gasteiger partial charge in [0.25, 0.3) is 0 Å². The largest absolute Gasteiger partial charge is 0.487 e. The van der Waals surface area contributed by atoms with Gasteiger partial charge < -0.3 is 24.4 Å². The van der Waals surface area contributed by atoms with E-state index in [4.69, 9.17) is 14.2 Å². The maximum absolute atomic E-state index is 14.4. The Labute approximate surface area is 275 Å². The van der Waals surface area contributed by atoms with Crippen molar-refractivity contribution < 1.29 is 37.4 Å². The monoisotopic (exact) mass is 656 g/mol. The first-order valence-electron chi connectivity index (χ1n) is 16.3. The molecule has 5 atom stereocenters. The van der Waals surface area contributed by atoms with Crippen LogP contribution in [-0.2, 0) is 25.7 Å². The van der Waals surface area contributed by atoms with E-state index in [1.165, 1.54) is 18.0 Å². The van der Waals surface area contributed by atoms with Gasteiger partial charge in [-0.25, -0.2) is 13.6 Å². The number of ether oxygens (including phenoxy) is 3. The molecule has 1 unspecified atom stereocenters. The normalized spacial score (nSPS) is 23.1. The molecule has 12 heteroatoms. The van der Waals surface area contributed by atoms with Crippen molar-refractivity contribution >= 4 is 17.9 Å². The second-order valence-corrected chi connectivity index (χ2v) is 13.8. The summed E-state index contributed by atoms with van der Waals surface area (Å²) in [6.45, 7) is 9.57. The van der Waals surface area contributed by atoms with Crippen LogP contribution in [0.1, 0.15) is 52.5 Å². The Balaban J connectivity index is 1.31. The van der Waals surface area contributed by atoms with Gasteiger partial charge in [-0.05, 0) is 49.3 Å². The molecular weight excluding hydrogens is 610 g/mol. The lowest BCUT2D eigenvalue weighted by Crippen LogP contribution is -2.60. The average Bonchev–Trinajstić information content (AvgIpc) is 3.65. The quantitative estimate of drug-likeness (QED) is 0.428. The summed E-state index contributed by atoms with van der Waals surface area (Å²) >= 11 is 0. The Kier molecular flexibility index (Phi) is 10.7. The third-order valence-corrected chi connectivity index (χ3v) is 9.59. The number of benzene rings is 2. The molecule has 3 heterocycles. The predicted octanol–water partition coefficient (Wildman–Crippen LogP) is 4.36. The number of hydrogen-bond acceptors (Lipinski definition) is 7. The Bertz CT molecular complexity index is 1420. The molecule has 2 aromatic rings. The van der Waals surface area contributed by atoms with Gasteiger partial charge in [-0.1, -0.05) is 51.1 Å². The van der Waals surface area contributed by atoms with Gasteiger partial charge in [0.15, 0.2) is 11.6 Å². The molecule has 0 saturated carbocycles. The zero-order valence-corrected chi connectivity index (χ0v) is 27.8. The SMILES string of the molecule is C[C@@H](C(=O)NC(C(=O)N1CC[C@@H]2[C@H]1[C@@H](Oc1ccc(F)c(F)c1)CN2C1CCOCC1)C(C)(C)C)N(C)C(=O)OCc1ccccc1. The van der Waals surface area contributed by atoms with E-state index in [9.17, 15) is 23.2 Å². The number of amides is 3. The predicted molar refractivity (Wildman–Crippen MR) is 170 cm³/mol. The van der Waals surface area contributed by atoms with Gasteiger partial charge in [0, 0.05) is 51.5 Å². The van der Waals surface area contributed by atoms with Crippen LogP contribution < -0.4 is 10.1 Å². The summed E-state index contributed by atoms with van der Waals surface area (Å²) in [6.07, 6.45) is 1.26. The smallest absolute Gasteiger partial charge is 0.410 e. The van der Waals surface area contributed by atoms with E-state index in [1.54, 1.807) is 11.8 Å². The number of hydrogen-bond donors (Lipinski definition) is 1. The number of rotatable bonds is 9. The highest BCUT2D eigenvalue weighted by Crippen LogP contribution is 2.38. The number of carbonyl (C=O) groups is 3. The standard InChI is InChI=1S/C35H46F2N4O6/c1-22(39(5)34(44)46-21-23-9-7-6-8-10-23)32(42)38-31(35(2,3)4)33(43)40-16-13-28-30(40)29(20-41(28)24-14-17-45-18-15-24)47-25-11-12-26(36)27(37)19-25/h6-12,19,22,24,28-31H,13-18,20-21H2,1-5H3,(H,38,42)/t22-,28+,29-,30-,31?/m0/s1. The Morgan fingerprint density at radius 3 is 2.40 bits per heavy atom. The number of likely N-dealkylation sites (tertiary alicyclic amines) is 2. The third kappa shape index (κ3) is 7.86. The van der Waals surface area contributed by atoms with Crippen LogP contribution in [-0.4, -0.2) is 102 Å². The topological polar surface area (TPSA) is 101 Å². The first-order valence-corrected chi connectivity index (χ1v) is 16.3. The van der Waals surface area contributed by atoms with Crippen LogP contribution in [0.5, 0.6) is 5.75 Å². The molecule has 2 aromatic carbocycles. The minimum Gasteiger partial charge on any atom is -0.487 e. The van der Waals surface area contributed by atoms with Crippen molar-refractivity contribution in [2.75, 3.05) is 33.4 Å². The van der Waals surface area contributed by atoms with Crippen LogP contribution in [0.4, 0.5) is 13.6 Å². The highest BCUT2D eigenvalue weighted by Gasteiger charge is 2.54. The van der Waals surface area contributed by atoms with Crippen LogP contribution in [0.15, 0.2) is 48.5 Å². The van der Waals surface area contributed by atoms with Crippen LogP contribution in [0.25, 0.3) is 0 Å². The van der Waals surface area contributed by atoms with Crippen molar-refractivity contribution in [3.05, 3.63) is 65.7 Å². The maximum atomic E-state index is 14.4. The van der Waals surface area contributed by atoms with Gasteiger partial charge >= 0.3 is 6.09 Å². The number of nitrogens with one attached hydrogen (secondary N) is 1. The lowest BCUT2D eigenvalue weighted by atomic mass is 9.85. The number of nitrogens with zero attached hydrogens (tertiary/aromatic N) is 3. The summed E-state index contributed by atoms with van der Waals surface area (Å²) in [7, 11) is 1.49. The van der Waals surface area contributed by atoms with Gasteiger partial charge in [0.05, 0.1) is 6.04 Å². The second-order valence-electron chi connectivity index (χ2n) is 13.8. The van der Waals surface area contributed by atoms with Gasteiger partial charge in [-0.2, -0.15) is 0 Å². The number of carbonyl (C=O) groups excluding carboxylic acids is 3. The van der Waals surface area contributed by atoms with Gasteiger partial charge in [-0.15, -0.1) is 0 Å². The molecule has 0 bridgehead atoms. The molecule has 47 heavy (non-hydrogen) atoms. The van der Waals surface area contributed by atoms with Gasteiger partial charge in [-0.3, -0.25) is 19.4 Å². The van der Waals surface area contributed by atoms with Crippen molar-refractivity contribution in [2.24, 2.45) is 5.41 Å². The summed E-state index contributed by atoms with van der Waals surface area (Å²) in [5.74, 6) is -2.52. The van der Waals surface area contributed by atoms with E-state index in [-0.39, 0.29) is 36.4 Å². The molecule has 3 fully saturated rings. The minimum absolute atomic E-state index is 0.00175. The van der Waals surface area contributed by atoms with Crippen LogP contribution in [0.2, 0.25) is 0 Å². The van der Waals surface area contributed by atoms with E-state index in [1.807, 2.05) is 51.1 Å². The second kappa shape index (κ2) is 14.6. The Morgan fingerprint density at radius 1 is 1.04 bits per heavy atom. The fourth-order valence-electron chi connectivity index (χ4n) is 6.82. The molecule has 0 aromatic heterocycles. The first-order chi connectivity index (χ1) is 22.3.